The molecule has 3 aliphatic rings. The van der Waals surface area contributed by atoms with Gasteiger partial charge in [0.1, 0.15) is 11.0 Å². The third-order valence-corrected chi connectivity index (χ3v) is 7.81. The standard InChI is InChI=1S/C25H35ClN6O/c26-23-14-20(8-11-27-23)30-25-28-15-22(24(31-25)29-19-4-6-21(33)7-5-19)18-9-12-32(13-10-18)16-17-2-1-3-17/h8,11,14-15,17-19,21,33H,1-7,9-10,12-13,16H2,(H2,27,28,29,30,31)/t19-,21-. The molecule has 0 unspecified atom stereocenters. The molecule has 2 aliphatic carbocycles. The van der Waals surface area contributed by atoms with E-state index >= 15 is 0 Å². The molecule has 2 aromatic heterocycles. The second-order valence-corrected chi connectivity index (χ2v) is 10.4. The third-order valence-electron chi connectivity index (χ3n) is 7.61. The van der Waals surface area contributed by atoms with Gasteiger partial charge >= 0.3 is 0 Å². The van der Waals surface area contributed by atoms with E-state index in [1.807, 2.05) is 12.3 Å². The molecule has 5 rings (SSSR count). The summed E-state index contributed by atoms with van der Waals surface area (Å²) in [7, 11) is 0. The molecule has 2 aromatic rings. The number of rotatable bonds is 7. The van der Waals surface area contributed by atoms with Gasteiger partial charge in [0, 0.05) is 36.2 Å². The fourth-order valence-corrected chi connectivity index (χ4v) is 5.53. The van der Waals surface area contributed by atoms with Crippen molar-refractivity contribution in [3.8, 4) is 0 Å². The molecule has 0 aromatic carbocycles. The summed E-state index contributed by atoms with van der Waals surface area (Å²) >= 11 is 6.04. The smallest absolute Gasteiger partial charge is 0.229 e. The van der Waals surface area contributed by atoms with Crippen LogP contribution >= 0.6 is 11.6 Å². The van der Waals surface area contributed by atoms with Gasteiger partial charge in [-0.3, -0.25) is 0 Å². The Morgan fingerprint density at radius 2 is 1.82 bits per heavy atom. The van der Waals surface area contributed by atoms with Crippen LogP contribution in [0.1, 0.15) is 69.3 Å². The van der Waals surface area contributed by atoms with Gasteiger partial charge < -0.3 is 20.6 Å². The number of anilines is 3. The highest BCUT2D eigenvalue weighted by atomic mass is 35.5. The van der Waals surface area contributed by atoms with E-state index in [2.05, 4.69) is 25.5 Å². The molecular weight excluding hydrogens is 436 g/mol. The van der Waals surface area contributed by atoms with Gasteiger partial charge in [0.15, 0.2) is 0 Å². The van der Waals surface area contributed by atoms with Crippen molar-refractivity contribution in [2.24, 2.45) is 5.92 Å². The van der Waals surface area contributed by atoms with Crippen molar-refractivity contribution >= 4 is 29.1 Å². The quantitative estimate of drug-likeness (QED) is 0.493. The summed E-state index contributed by atoms with van der Waals surface area (Å²) in [5.41, 5.74) is 2.04. The van der Waals surface area contributed by atoms with Crippen LogP contribution < -0.4 is 10.6 Å². The number of nitrogens with one attached hydrogen (secondary N) is 2. The number of aliphatic hydroxyl groups excluding tert-OH is 1. The van der Waals surface area contributed by atoms with E-state index < -0.39 is 0 Å². The molecule has 3 fully saturated rings. The molecule has 0 radical (unpaired) electrons. The number of aromatic nitrogens is 3. The number of piperidine rings is 1. The Morgan fingerprint density at radius 3 is 2.52 bits per heavy atom. The SMILES string of the molecule is O[C@H]1CC[C@H](Nc2nc(Nc3ccnc(Cl)c3)ncc2C2CCN(CC3CCC3)CC2)CC1. The summed E-state index contributed by atoms with van der Waals surface area (Å²) < 4.78 is 0. The Balaban J connectivity index is 1.30. The summed E-state index contributed by atoms with van der Waals surface area (Å²) in [6.45, 7) is 3.59. The molecule has 7 nitrogen and oxygen atoms in total. The maximum absolute atomic E-state index is 9.91. The van der Waals surface area contributed by atoms with Crippen LogP contribution in [-0.2, 0) is 0 Å². The van der Waals surface area contributed by atoms with Crippen molar-refractivity contribution in [2.75, 3.05) is 30.3 Å². The number of nitrogens with zero attached hydrogens (tertiary/aromatic N) is 4. The second-order valence-electron chi connectivity index (χ2n) is 10.0. The van der Waals surface area contributed by atoms with Crippen LogP contribution in [0.4, 0.5) is 17.5 Å². The lowest BCUT2D eigenvalue weighted by atomic mass is 9.84. The van der Waals surface area contributed by atoms with Crippen molar-refractivity contribution in [2.45, 2.75) is 75.9 Å². The Labute approximate surface area is 201 Å². The number of pyridine rings is 1. The molecule has 3 N–H and O–H groups in total. The van der Waals surface area contributed by atoms with Gasteiger partial charge in [-0.15, -0.1) is 0 Å². The van der Waals surface area contributed by atoms with Crippen LogP contribution in [0, 0.1) is 5.92 Å². The summed E-state index contributed by atoms with van der Waals surface area (Å²) in [5, 5.41) is 17.3. The highest BCUT2D eigenvalue weighted by molar-refractivity contribution is 6.29. The normalized spacial score (nSPS) is 24.9. The molecule has 3 heterocycles. The van der Waals surface area contributed by atoms with Crippen molar-refractivity contribution in [3.05, 3.63) is 35.2 Å². The van der Waals surface area contributed by atoms with E-state index in [1.54, 1.807) is 12.3 Å². The molecule has 2 saturated carbocycles. The van der Waals surface area contributed by atoms with Crippen LogP contribution in [-0.4, -0.2) is 56.7 Å². The maximum atomic E-state index is 9.91. The minimum absolute atomic E-state index is 0.165. The maximum Gasteiger partial charge on any atom is 0.229 e. The number of likely N-dealkylation sites (tertiary alicyclic amines) is 1. The van der Waals surface area contributed by atoms with E-state index in [9.17, 15) is 5.11 Å². The fraction of sp³-hybridized carbons (Fsp3) is 0.640. The van der Waals surface area contributed by atoms with Gasteiger partial charge in [-0.2, -0.15) is 4.98 Å². The molecule has 0 atom stereocenters. The summed E-state index contributed by atoms with van der Waals surface area (Å²) in [6.07, 6.45) is 13.7. The predicted molar refractivity (Wildman–Crippen MR) is 132 cm³/mol. The molecular formula is C25H35ClN6O. The first kappa shape index (κ1) is 22.8. The average molecular weight is 471 g/mol. The Hall–Kier alpha value is -1.96. The minimum Gasteiger partial charge on any atom is -0.393 e. The lowest BCUT2D eigenvalue weighted by Crippen LogP contribution is -2.38. The molecule has 0 spiro atoms. The van der Waals surface area contributed by atoms with Gasteiger partial charge in [-0.25, -0.2) is 9.97 Å². The average Bonchev–Trinajstić information content (AvgIpc) is 2.79. The van der Waals surface area contributed by atoms with Gasteiger partial charge in [-0.05, 0) is 88.4 Å². The van der Waals surface area contributed by atoms with Crippen molar-refractivity contribution in [3.63, 3.8) is 0 Å². The zero-order valence-electron chi connectivity index (χ0n) is 19.2. The second kappa shape index (κ2) is 10.5. The van der Waals surface area contributed by atoms with E-state index in [1.165, 1.54) is 31.4 Å². The first-order valence-corrected chi connectivity index (χ1v) is 12.9. The summed E-state index contributed by atoms with van der Waals surface area (Å²) in [5.74, 6) is 2.90. The Bertz CT molecular complexity index is 923. The van der Waals surface area contributed by atoms with Gasteiger partial charge in [0.05, 0.1) is 6.10 Å². The first-order chi connectivity index (χ1) is 16.1. The number of aliphatic hydroxyl groups is 1. The van der Waals surface area contributed by atoms with Crippen LogP contribution in [0.25, 0.3) is 0 Å². The van der Waals surface area contributed by atoms with Crippen LogP contribution in [0.15, 0.2) is 24.5 Å². The molecule has 0 amide bonds. The van der Waals surface area contributed by atoms with Crippen molar-refractivity contribution in [1.82, 2.24) is 19.9 Å². The van der Waals surface area contributed by atoms with E-state index in [4.69, 9.17) is 16.6 Å². The Morgan fingerprint density at radius 1 is 1.03 bits per heavy atom. The van der Waals surface area contributed by atoms with Gasteiger partial charge in [0.2, 0.25) is 5.95 Å². The van der Waals surface area contributed by atoms with Crippen molar-refractivity contribution < 1.29 is 5.11 Å². The molecule has 0 bridgehead atoms. The highest BCUT2D eigenvalue weighted by Gasteiger charge is 2.28. The molecule has 178 valence electrons. The zero-order chi connectivity index (χ0) is 22.6. The minimum atomic E-state index is -0.165. The number of hydrogen-bond acceptors (Lipinski definition) is 7. The lowest BCUT2D eigenvalue weighted by molar-refractivity contribution is 0.126. The van der Waals surface area contributed by atoms with Crippen LogP contribution in [0.5, 0.6) is 0 Å². The largest absolute Gasteiger partial charge is 0.393 e. The molecule has 1 aliphatic heterocycles. The number of halogens is 1. The molecule has 33 heavy (non-hydrogen) atoms. The van der Waals surface area contributed by atoms with E-state index in [-0.39, 0.29) is 6.10 Å². The topological polar surface area (TPSA) is 86.2 Å². The zero-order valence-corrected chi connectivity index (χ0v) is 20.0. The predicted octanol–water partition coefficient (Wildman–Crippen LogP) is 4.96. The highest BCUT2D eigenvalue weighted by Crippen LogP contribution is 2.35. The Kier molecular flexibility index (Phi) is 7.28. The number of hydrogen-bond donors (Lipinski definition) is 3. The van der Waals surface area contributed by atoms with Gasteiger partial charge in [-0.1, -0.05) is 18.0 Å². The fourth-order valence-electron chi connectivity index (χ4n) is 5.36. The van der Waals surface area contributed by atoms with Crippen LogP contribution in [0.3, 0.4) is 0 Å². The summed E-state index contributed by atoms with van der Waals surface area (Å²) in [4.78, 5) is 16.2. The first-order valence-electron chi connectivity index (χ1n) is 12.5. The molecule has 8 heteroatoms. The van der Waals surface area contributed by atoms with Crippen LogP contribution in [0.2, 0.25) is 5.15 Å². The lowest BCUT2D eigenvalue weighted by Gasteiger charge is -2.37. The van der Waals surface area contributed by atoms with Gasteiger partial charge in [0.25, 0.3) is 0 Å². The van der Waals surface area contributed by atoms with Crippen molar-refractivity contribution in [1.29, 1.82) is 0 Å². The molecule has 1 saturated heterocycles. The summed E-state index contributed by atoms with van der Waals surface area (Å²) in [6, 6.07) is 3.96. The third kappa shape index (κ3) is 5.94. The van der Waals surface area contributed by atoms with E-state index in [0.717, 1.165) is 69.0 Å². The monoisotopic (exact) mass is 470 g/mol. The van der Waals surface area contributed by atoms with E-state index in [0.29, 0.717) is 23.1 Å².